The molecule has 2 aromatic rings. The van der Waals surface area contributed by atoms with Gasteiger partial charge in [-0.25, -0.2) is 0 Å². The highest BCUT2D eigenvalue weighted by Gasteiger charge is 2.12. The molecule has 0 aliphatic heterocycles. The van der Waals surface area contributed by atoms with Crippen molar-refractivity contribution in [3.05, 3.63) is 58.1 Å². The molecule has 0 aromatic heterocycles. The highest BCUT2D eigenvalue weighted by molar-refractivity contribution is 9.10. The van der Waals surface area contributed by atoms with E-state index in [1.54, 1.807) is 19.2 Å². The summed E-state index contributed by atoms with van der Waals surface area (Å²) in [5, 5.41) is 2.88. The molecule has 0 heterocycles. The van der Waals surface area contributed by atoms with Crippen LogP contribution in [0.2, 0.25) is 0 Å². The monoisotopic (exact) mass is 347 g/mol. The summed E-state index contributed by atoms with van der Waals surface area (Å²) in [7, 11) is 1.55. The molecule has 2 rings (SSSR count). The van der Waals surface area contributed by atoms with Gasteiger partial charge in [-0.3, -0.25) is 4.79 Å². The van der Waals surface area contributed by atoms with Crippen LogP contribution in [0.5, 0.6) is 5.75 Å². The molecular formula is C17H18BrNO2. The highest BCUT2D eigenvalue weighted by Crippen LogP contribution is 2.25. The molecule has 1 N–H and O–H groups in total. The lowest BCUT2D eigenvalue weighted by atomic mass is 10.0. The summed E-state index contributed by atoms with van der Waals surface area (Å²) >= 11 is 3.36. The summed E-state index contributed by atoms with van der Waals surface area (Å²) in [6, 6.07) is 13.2. The van der Waals surface area contributed by atoms with Gasteiger partial charge in [-0.15, -0.1) is 0 Å². The van der Waals surface area contributed by atoms with E-state index < -0.39 is 0 Å². The Hall–Kier alpha value is -1.81. The molecule has 0 fully saturated rings. The van der Waals surface area contributed by atoms with Gasteiger partial charge in [0.2, 0.25) is 0 Å². The number of hydrogen-bond acceptors (Lipinski definition) is 2. The minimum atomic E-state index is -0.184. The summed E-state index contributed by atoms with van der Waals surface area (Å²) in [6.07, 6.45) is 0. The molecule has 0 unspecified atom stereocenters. The Balaban J connectivity index is 2.18. The van der Waals surface area contributed by atoms with Crippen LogP contribution in [-0.2, 0) is 0 Å². The second-order valence-corrected chi connectivity index (χ2v) is 5.99. The maximum absolute atomic E-state index is 12.3. The van der Waals surface area contributed by atoms with Gasteiger partial charge in [0.15, 0.2) is 0 Å². The molecule has 21 heavy (non-hydrogen) atoms. The van der Waals surface area contributed by atoms with Gasteiger partial charge >= 0.3 is 0 Å². The largest absolute Gasteiger partial charge is 0.496 e. The summed E-state index contributed by atoms with van der Waals surface area (Å²) in [6.45, 7) is 4.28. The fourth-order valence-electron chi connectivity index (χ4n) is 2.00. The molecule has 2 aromatic carbocycles. The van der Waals surface area contributed by atoms with Gasteiger partial charge in [-0.05, 0) is 41.8 Å². The first kappa shape index (κ1) is 15.6. The van der Waals surface area contributed by atoms with Crippen LogP contribution in [0.3, 0.4) is 0 Å². The van der Waals surface area contributed by atoms with E-state index in [1.807, 2.05) is 30.3 Å². The van der Waals surface area contributed by atoms with E-state index in [0.29, 0.717) is 17.2 Å². The number of ether oxygens (including phenoxy) is 1. The summed E-state index contributed by atoms with van der Waals surface area (Å²) in [4.78, 5) is 12.3. The maximum Gasteiger partial charge on any atom is 0.259 e. The predicted octanol–water partition coefficient (Wildman–Crippen LogP) is 4.83. The van der Waals surface area contributed by atoms with Crippen LogP contribution < -0.4 is 10.1 Å². The molecule has 0 aliphatic carbocycles. The standard InChI is InChI=1S/C17H18BrNO2/c1-11(2)12-4-7-14(8-5-12)19-17(20)15-9-6-13(18)10-16(15)21-3/h4-11H,1-3H3,(H,19,20). The number of halogens is 1. The van der Waals surface area contributed by atoms with Crippen LogP contribution in [0.25, 0.3) is 0 Å². The molecule has 0 radical (unpaired) electrons. The molecular weight excluding hydrogens is 330 g/mol. The van der Waals surface area contributed by atoms with E-state index in [4.69, 9.17) is 4.74 Å². The van der Waals surface area contributed by atoms with Gasteiger partial charge in [-0.1, -0.05) is 41.9 Å². The summed E-state index contributed by atoms with van der Waals surface area (Å²) in [5.41, 5.74) is 2.53. The number of hydrogen-bond donors (Lipinski definition) is 1. The first-order chi connectivity index (χ1) is 10.0. The maximum atomic E-state index is 12.3. The molecule has 0 bridgehead atoms. The number of benzene rings is 2. The van der Waals surface area contributed by atoms with Crippen LogP contribution in [0.15, 0.2) is 46.9 Å². The Morgan fingerprint density at radius 3 is 2.38 bits per heavy atom. The van der Waals surface area contributed by atoms with Crippen LogP contribution in [0.1, 0.15) is 35.7 Å². The minimum absolute atomic E-state index is 0.184. The topological polar surface area (TPSA) is 38.3 Å². The van der Waals surface area contributed by atoms with E-state index in [9.17, 15) is 4.79 Å². The third kappa shape index (κ3) is 3.85. The van der Waals surface area contributed by atoms with Gasteiger partial charge in [0, 0.05) is 10.2 Å². The van der Waals surface area contributed by atoms with Crippen molar-refractivity contribution in [2.24, 2.45) is 0 Å². The quantitative estimate of drug-likeness (QED) is 0.859. The Kier molecular flexibility index (Phi) is 5.02. The van der Waals surface area contributed by atoms with Crippen molar-refractivity contribution in [2.75, 3.05) is 12.4 Å². The van der Waals surface area contributed by atoms with Gasteiger partial charge in [-0.2, -0.15) is 0 Å². The summed E-state index contributed by atoms with van der Waals surface area (Å²) in [5.74, 6) is 0.832. The van der Waals surface area contributed by atoms with Gasteiger partial charge < -0.3 is 10.1 Å². The highest BCUT2D eigenvalue weighted by atomic mass is 79.9. The fraction of sp³-hybridized carbons (Fsp3) is 0.235. The Morgan fingerprint density at radius 2 is 1.81 bits per heavy atom. The zero-order valence-electron chi connectivity index (χ0n) is 12.3. The van der Waals surface area contributed by atoms with Crippen LogP contribution in [-0.4, -0.2) is 13.0 Å². The number of methoxy groups -OCH3 is 1. The number of carbonyl (C=O) groups excluding carboxylic acids is 1. The molecule has 3 nitrogen and oxygen atoms in total. The van der Waals surface area contributed by atoms with Crippen molar-refractivity contribution in [2.45, 2.75) is 19.8 Å². The lowest BCUT2D eigenvalue weighted by Crippen LogP contribution is -2.13. The number of rotatable bonds is 4. The van der Waals surface area contributed by atoms with Crippen molar-refractivity contribution >= 4 is 27.5 Å². The van der Waals surface area contributed by atoms with Gasteiger partial charge in [0.25, 0.3) is 5.91 Å². The average molecular weight is 348 g/mol. The van der Waals surface area contributed by atoms with E-state index in [2.05, 4.69) is 35.1 Å². The molecule has 110 valence electrons. The molecule has 1 amide bonds. The predicted molar refractivity (Wildman–Crippen MR) is 89.2 cm³/mol. The van der Waals surface area contributed by atoms with E-state index in [0.717, 1.165) is 10.2 Å². The van der Waals surface area contributed by atoms with E-state index >= 15 is 0 Å². The van der Waals surface area contributed by atoms with Gasteiger partial charge in [0.05, 0.1) is 12.7 Å². The smallest absolute Gasteiger partial charge is 0.259 e. The van der Waals surface area contributed by atoms with Crippen LogP contribution in [0.4, 0.5) is 5.69 Å². The second kappa shape index (κ2) is 6.76. The van der Waals surface area contributed by atoms with Crippen molar-refractivity contribution in [3.8, 4) is 5.75 Å². The summed E-state index contributed by atoms with van der Waals surface area (Å²) < 4.78 is 6.12. The van der Waals surface area contributed by atoms with Crippen molar-refractivity contribution in [1.29, 1.82) is 0 Å². The average Bonchev–Trinajstić information content (AvgIpc) is 2.47. The Labute approximate surface area is 133 Å². The number of nitrogens with one attached hydrogen (secondary N) is 1. The van der Waals surface area contributed by atoms with E-state index in [-0.39, 0.29) is 5.91 Å². The lowest BCUT2D eigenvalue weighted by Gasteiger charge is -2.11. The Morgan fingerprint density at radius 1 is 1.14 bits per heavy atom. The molecule has 0 aliphatic rings. The normalized spacial score (nSPS) is 10.5. The van der Waals surface area contributed by atoms with Crippen LogP contribution in [0, 0.1) is 0 Å². The first-order valence-corrected chi connectivity index (χ1v) is 7.55. The molecule has 4 heteroatoms. The second-order valence-electron chi connectivity index (χ2n) is 5.08. The Bertz CT molecular complexity index is 636. The van der Waals surface area contributed by atoms with Crippen molar-refractivity contribution in [3.63, 3.8) is 0 Å². The lowest BCUT2D eigenvalue weighted by molar-refractivity contribution is 0.102. The number of carbonyl (C=O) groups is 1. The first-order valence-electron chi connectivity index (χ1n) is 6.76. The van der Waals surface area contributed by atoms with Crippen molar-refractivity contribution < 1.29 is 9.53 Å². The fourth-order valence-corrected chi connectivity index (χ4v) is 2.34. The van der Waals surface area contributed by atoms with E-state index in [1.165, 1.54) is 5.56 Å². The molecule has 0 saturated heterocycles. The SMILES string of the molecule is COc1cc(Br)ccc1C(=O)Nc1ccc(C(C)C)cc1. The van der Waals surface area contributed by atoms with Crippen molar-refractivity contribution in [1.82, 2.24) is 0 Å². The minimum Gasteiger partial charge on any atom is -0.496 e. The van der Waals surface area contributed by atoms with Gasteiger partial charge in [0.1, 0.15) is 5.75 Å². The third-order valence-corrected chi connectivity index (χ3v) is 3.74. The number of anilines is 1. The molecule has 0 spiro atoms. The zero-order valence-corrected chi connectivity index (χ0v) is 13.9. The third-order valence-electron chi connectivity index (χ3n) is 3.24. The zero-order chi connectivity index (χ0) is 15.4. The molecule has 0 saturated carbocycles. The molecule has 0 atom stereocenters. The number of amides is 1. The van der Waals surface area contributed by atoms with Crippen LogP contribution >= 0.6 is 15.9 Å².